The maximum Gasteiger partial charge on any atom is 0.0596 e. The predicted molar refractivity (Wildman–Crippen MR) is 78.1 cm³/mol. The molecule has 0 aromatic heterocycles. The Morgan fingerprint density at radius 1 is 1.11 bits per heavy atom. The highest BCUT2D eigenvalue weighted by molar-refractivity contribution is 4.80. The molecule has 0 aliphatic heterocycles. The van der Waals surface area contributed by atoms with Gasteiger partial charge in [0.15, 0.2) is 0 Å². The average molecular weight is 256 g/mol. The quantitative estimate of drug-likeness (QED) is 0.543. The molecule has 3 nitrogen and oxygen atoms in total. The van der Waals surface area contributed by atoms with E-state index in [-0.39, 0.29) is 0 Å². The van der Waals surface area contributed by atoms with E-state index in [4.69, 9.17) is 4.74 Å². The number of nitrogens with zero attached hydrogens (tertiary/aromatic N) is 1. The van der Waals surface area contributed by atoms with Crippen molar-refractivity contribution in [1.29, 1.82) is 0 Å². The van der Waals surface area contributed by atoms with Gasteiger partial charge < -0.3 is 15.0 Å². The minimum absolute atomic E-state index is 0.359. The first-order valence-corrected chi connectivity index (χ1v) is 7.72. The normalized spacial score (nSPS) is 15.8. The first-order valence-electron chi connectivity index (χ1n) is 7.72. The van der Waals surface area contributed by atoms with Crippen LogP contribution >= 0.6 is 0 Å². The number of hydrogen-bond acceptors (Lipinski definition) is 3. The highest BCUT2D eigenvalue weighted by Crippen LogP contribution is 2.18. The third-order valence-electron chi connectivity index (χ3n) is 3.40. The lowest BCUT2D eigenvalue weighted by Crippen LogP contribution is -2.25. The Bertz CT molecular complexity index is 193. The van der Waals surface area contributed by atoms with E-state index in [1.165, 1.54) is 51.6 Å². The van der Waals surface area contributed by atoms with E-state index in [0.29, 0.717) is 6.10 Å². The molecule has 1 rings (SSSR count). The van der Waals surface area contributed by atoms with Crippen LogP contribution in [0.3, 0.4) is 0 Å². The van der Waals surface area contributed by atoms with Crippen molar-refractivity contribution in [3.63, 3.8) is 0 Å². The molecule has 0 radical (unpaired) electrons. The van der Waals surface area contributed by atoms with Crippen LogP contribution in [-0.2, 0) is 4.74 Å². The van der Waals surface area contributed by atoms with E-state index in [9.17, 15) is 0 Å². The maximum absolute atomic E-state index is 5.55. The molecule has 0 amide bonds. The van der Waals surface area contributed by atoms with Crippen molar-refractivity contribution in [3.05, 3.63) is 0 Å². The summed E-state index contributed by atoms with van der Waals surface area (Å²) in [4.78, 5) is 2.38. The van der Waals surface area contributed by atoms with E-state index >= 15 is 0 Å². The SMILES string of the molecule is CC(C)OCCN(C)CCCCCCNC1CC1. The molecule has 1 aliphatic carbocycles. The van der Waals surface area contributed by atoms with Crippen LogP contribution in [0.1, 0.15) is 52.4 Å². The van der Waals surface area contributed by atoms with Crippen LogP contribution in [0.15, 0.2) is 0 Å². The number of nitrogens with one attached hydrogen (secondary N) is 1. The van der Waals surface area contributed by atoms with Gasteiger partial charge in [0.1, 0.15) is 0 Å². The zero-order valence-electron chi connectivity index (χ0n) is 12.6. The molecule has 0 bridgehead atoms. The summed E-state index contributed by atoms with van der Waals surface area (Å²) in [7, 11) is 2.19. The lowest BCUT2D eigenvalue weighted by molar-refractivity contribution is 0.0636. The molecule has 108 valence electrons. The minimum atomic E-state index is 0.359. The van der Waals surface area contributed by atoms with E-state index < -0.39 is 0 Å². The molecular formula is C15H32N2O. The zero-order chi connectivity index (χ0) is 13.2. The van der Waals surface area contributed by atoms with Crippen LogP contribution in [0, 0.1) is 0 Å². The van der Waals surface area contributed by atoms with Crippen LogP contribution in [0.2, 0.25) is 0 Å². The summed E-state index contributed by atoms with van der Waals surface area (Å²) in [5.74, 6) is 0. The number of unbranched alkanes of at least 4 members (excludes halogenated alkanes) is 3. The lowest BCUT2D eigenvalue weighted by Gasteiger charge is -2.17. The molecule has 0 aromatic carbocycles. The summed E-state index contributed by atoms with van der Waals surface area (Å²) in [5, 5.41) is 3.57. The minimum Gasteiger partial charge on any atom is -0.377 e. The van der Waals surface area contributed by atoms with Crippen molar-refractivity contribution in [3.8, 4) is 0 Å². The van der Waals surface area contributed by atoms with Gasteiger partial charge in [0.05, 0.1) is 12.7 Å². The summed E-state index contributed by atoms with van der Waals surface area (Å²) in [5.41, 5.74) is 0. The number of ether oxygens (including phenoxy) is 1. The largest absolute Gasteiger partial charge is 0.377 e. The second-order valence-corrected chi connectivity index (χ2v) is 5.87. The molecule has 1 N–H and O–H groups in total. The molecule has 0 heterocycles. The summed E-state index contributed by atoms with van der Waals surface area (Å²) in [6, 6.07) is 0.872. The molecule has 0 atom stereocenters. The molecule has 0 unspecified atom stereocenters. The Kier molecular flexibility index (Phi) is 8.64. The first-order chi connectivity index (χ1) is 8.68. The Hall–Kier alpha value is -0.120. The topological polar surface area (TPSA) is 24.5 Å². The lowest BCUT2D eigenvalue weighted by atomic mass is 10.2. The van der Waals surface area contributed by atoms with Gasteiger partial charge in [-0.15, -0.1) is 0 Å². The fourth-order valence-corrected chi connectivity index (χ4v) is 2.01. The molecule has 3 heteroatoms. The summed E-state index contributed by atoms with van der Waals surface area (Å²) in [6.45, 7) is 8.53. The molecule has 1 aliphatic rings. The third-order valence-corrected chi connectivity index (χ3v) is 3.40. The second kappa shape index (κ2) is 9.76. The Morgan fingerprint density at radius 3 is 2.50 bits per heavy atom. The molecule has 0 aromatic rings. The van der Waals surface area contributed by atoms with Crippen LogP contribution in [0.25, 0.3) is 0 Å². The second-order valence-electron chi connectivity index (χ2n) is 5.87. The van der Waals surface area contributed by atoms with Crippen molar-refractivity contribution >= 4 is 0 Å². The fourth-order valence-electron chi connectivity index (χ4n) is 2.01. The van der Waals surface area contributed by atoms with Gasteiger partial charge in [-0.2, -0.15) is 0 Å². The Balaban J connectivity index is 1.75. The standard InChI is InChI=1S/C15H32N2O/c1-14(2)18-13-12-17(3)11-7-5-4-6-10-16-15-8-9-15/h14-16H,4-13H2,1-3H3. The molecule has 0 saturated heterocycles. The number of likely N-dealkylation sites (N-methyl/N-ethyl adjacent to an activating group) is 1. The molecule has 1 saturated carbocycles. The smallest absolute Gasteiger partial charge is 0.0596 e. The summed E-state index contributed by atoms with van der Waals surface area (Å²) >= 11 is 0. The van der Waals surface area contributed by atoms with Crippen LogP contribution < -0.4 is 5.32 Å². The van der Waals surface area contributed by atoms with E-state index in [2.05, 4.69) is 31.1 Å². The molecule has 0 spiro atoms. The van der Waals surface area contributed by atoms with Crippen LogP contribution in [0.4, 0.5) is 0 Å². The summed E-state index contributed by atoms with van der Waals surface area (Å²) in [6.07, 6.45) is 8.57. The van der Waals surface area contributed by atoms with E-state index in [1.54, 1.807) is 0 Å². The number of hydrogen-bond donors (Lipinski definition) is 1. The highest BCUT2D eigenvalue weighted by atomic mass is 16.5. The highest BCUT2D eigenvalue weighted by Gasteiger charge is 2.19. The number of rotatable bonds is 12. The monoisotopic (exact) mass is 256 g/mol. The Morgan fingerprint density at radius 2 is 1.83 bits per heavy atom. The van der Waals surface area contributed by atoms with Gasteiger partial charge in [0.2, 0.25) is 0 Å². The van der Waals surface area contributed by atoms with Crippen molar-refractivity contribution in [1.82, 2.24) is 10.2 Å². The van der Waals surface area contributed by atoms with Crippen molar-refractivity contribution in [2.24, 2.45) is 0 Å². The Labute approximate surface area is 113 Å². The van der Waals surface area contributed by atoms with Crippen molar-refractivity contribution in [2.45, 2.75) is 64.5 Å². The fraction of sp³-hybridized carbons (Fsp3) is 1.00. The molecule has 1 fully saturated rings. The summed E-state index contributed by atoms with van der Waals surface area (Å²) < 4.78 is 5.55. The van der Waals surface area contributed by atoms with Crippen molar-refractivity contribution < 1.29 is 4.74 Å². The molecule has 18 heavy (non-hydrogen) atoms. The van der Waals surface area contributed by atoms with Gasteiger partial charge >= 0.3 is 0 Å². The average Bonchev–Trinajstić information content (AvgIpc) is 3.11. The van der Waals surface area contributed by atoms with E-state index in [0.717, 1.165) is 19.2 Å². The van der Waals surface area contributed by atoms with Gasteiger partial charge in [0, 0.05) is 12.6 Å². The van der Waals surface area contributed by atoms with Crippen LogP contribution in [0.5, 0.6) is 0 Å². The zero-order valence-corrected chi connectivity index (χ0v) is 12.6. The predicted octanol–water partition coefficient (Wildman–Crippen LogP) is 2.66. The van der Waals surface area contributed by atoms with Gasteiger partial charge in [-0.3, -0.25) is 0 Å². The third kappa shape index (κ3) is 9.86. The van der Waals surface area contributed by atoms with Crippen molar-refractivity contribution in [2.75, 3.05) is 33.3 Å². The van der Waals surface area contributed by atoms with Gasteiger partial charge in [-0.1, -0.05) is 12.8 Å². The van der Waals surface area contributed by atoms with Crippen LogP contribution in [-0.4, -0.2) is 50.3 Å². The first kappa shape index (κ1) is 15.9. The van der Waals surface area contributed by atoms with Gasteiger partial charge in [0.25, 0.3) is 0 Å². The maximum atomic E-state index is 5.55. The van der Waals surface area contributed by atoms with Gasteiger partial charge in [-0.25, -0.2) is 0 Å². The molecular weight excluding hydrogens is 224 g/mol. The van der Waals surface area contributed by atoms with E-state index in [1.807, 2.05) is 0 Å². The van der Waals surface area contributed by atoms with Gasteiger partial charge in [-0.05, 0) is 59.7 Å².